The summed E-state index contributed by atoms with van der Waals surface area (Å²) in [5.74, 6) is 0.0698. The van der Waals surface area contributed by atoms with Gasteiger partial charge in [-0.2, -0.15) is 0 Å². The van der Waals surface area contributed by atoms with Gasteiger partial charge in [0.05, 0.1) is 0 Å². The van der Waals surface area contributed by atoms with E-state index in [0.29, 0.717) is 23.0 Å². The third-order valence-corrected chi connectivity index (χ3v) is 4.54. The fourth-order valence-corrected chi connectivity index (χ4v) is 3.15. The number of hydrogen-bond donors (Lipinski definition) is 1. The highest BCUT2D eigenvalue weighted by molar-refractivity contribution is 6.35. The molecular weight excluding hydrogens is 295 g/mol. The number of rotatable bonds is 4. The number of benzene rings is 1. The lowest BCUT2D eigenvalue weighted by atomic mass is 9.94. The van der Waals surface area contributed by atoms with Crippen LogP contribution < -0.4 is 5.73 Å². The molecule has 0 bridgehead atoms. The van der Waals surface area contributed by atoms with Gasteiger partial charge in [0, 0.05) is 35.6 Å². The average molecular weight is 315 g/mol. The van der Waals surface area contributed by atoms with E-state index >= 15 is 0 Å². The molecule has 0 unspecified atom stereocenters. The van der Waals surface area contributed by atoms with Crippen LogP contribution in [0.25, 0.3) is 0 Å². The van der Waals surface area contributed by atoms with E-state index in [1.54, 1.807) is 24.1 Å². The summed E-state index contributed by atoms with van der Waals surface area (Å²) in [6.45, 7) is 0.477. The third-order valence-electron chi connectivity index (χ3n) is 3.95. The molecule has 0 radical (unpaired) electrons. The molecule has 1 saturated carbocycles. The topological polar surface area (TPSA) is 46.3 Å². The maximum Gasteiger partial charge on any atom is 0.224 e. The van der Waals surface area contributed by atoms with Crippen LogP contribution in [0.4, 0.5) is 0 Å². The Morgan fingerprint density at radius 3 is 2.60 bits per heavy atom. The summed E-state index contributed by atoms with van der Waals surface area (Å²) >= 11 is 12.0. The van der Waals surface area contributed by atoms with Crippen molar-refractivity contribution in [3.8, 4) is 0 Å². The van der Waals surface area contributed by atoms with Gasteiger partial charge in [0.15, 0.2) is 0 Å². The van der Waals surface area contributed by atoms with Crippen LogP contribution in [-0.2, 0) is 11.3 Å². The predicted molar refractivity (Wildman–Crippen MR) is 82.9 cm³/mol. The Bertz CT molecular complexity index is 499. The number of nitrogens with two attached hydrogens (primary N) is 1. The normalized spacial score (nSPS) is 17.2. The Labute approximate surface area is 130 Å². The van der Waals surface area contributed by atoms with Crippen molar-refractivity contribution in [3.63, 3.8) is 0 Å². The van der Waals surface area contributed by atoms with Gasteiger partial charge in [0.2, 0.25) is 5.91 Å². The highest BCUT2D eigenvalue weighted by Gasteiger charge is 2.32. The van der Waals surface area contributed by atoms with Gasteiger partial charge in [-0.3, -0.25) is 4.79 Å². The maximum absolute atomic E-state index is 12.3. The SMILES string of the molecule is CN(Cc1ccc(Cl)cc1Cl)C(=O)CC1(N)CCCC1. The van der Waals surface area contributed by atoms with Gasteiger partial charge in [0.1, 0.15) is 0 Å². The molecule has 3 nitrogen and oxygen atoms in total. The number of halogens is 2. The van der Waals surface area contributed by atoms with Crippen molar-refractivity contribution in [2.45, 2.75) is 44.2 Å². The van der Waals surface area contributed by atoms with E-state index in [0.717, 1.165) is 31.2 Å². The van der Waals surface area contributed by atoms with E-state index < -0.39 is 0 Å². The Hall–Kier alpha value is -0.770. The molecule has 1 aliphatic carbocycles. The van der Waals surface area contributed by atoms with E-state index in [9.17, 15) is 4.79 Å². The van der Waals surface area contributed by atoms with Crippen LogP contribution in [-0.4, -0.2) is 23.4 Å². The number of amides is 1. The second-order valence-corrected chi connectivity index (χ2v) is 6.58. The molecule has 1 aromatic carbocycles. The molecule has 2 N–H and O–H groups in total. The minimum atomic E-state index is -0.310. The van der Waals surface area contributed by atoms with E-state index in [4.69, 9.17) is 28.9 Å². The van der Waals surface area contributed by atoms with Gasteiger partial charge in [-0.15, -0.1) is 0 Å². The van der Waals surface area contributed by atoms with Crippen LogP contribution in [0.5, 0.6) is 0 Å². The Morgan fingerprint density at radius 2 is 2.00 bits per heavy atom. The predicted octanol–water partition coefficient (Wildman–Crippen LogP) is 3.61. The van der Waals surface area contributed by atoms with Crippen molar-refractivity contribution in [2.75, 3.05) is 7.05 Å². The minimum absolute atomic E-state index is 0.0698. The fraction of sp³-hybridized carbons (Fsp3) is 0.533. The molecule has 0 saturated heterocycles. The molecular formula is C15H20Cl2N2O. The molecule has 2 rings (SSSR count). The van der Waals surface area contributed by atoms with Crippen molar-refractivity contribution < 1.29 is 4.79 Å². The Morgan fingerprint density at radius 1 is 1.35 bits per heavy atom. The lowest BCUT2D eigenvalue weighted by molar-refractivity contribution is -0.131. The molecule has 0 aliphatic heterocycles. The summed E-state index contributed by atoms with van der Waals surface area (Å²) in [7, 11) is 1.78. The lowest BCUT2D eigenvalue weighted by Crippen LogP contribution is -2.42. The molecule has 110 valence electrons. The van der Waals surface area contributed by atoms with Gasteiger partial charge in [0.25, 0.3) is 0 Å². The summed E-state index contributed by atoms with van der Waals surface area (Å²) in [6.07, 6.45) is 4.53. The van der Waals surface area contributed by atoms with Gasteiger partial charge in [-0.05, 0) is 30.5 Å². The second-order valence-electron chi connectivity index (χ2n) is 5.73. The van der Waals surface area contributed by atoms with Crippen molar-refractivity contribution in [1.82, 2.24) is 4.90 Å². The molecule has 0 heterocycles. The number of carbonyl (C=O) groups is 1. The van der Waals surface area contributed by atoms with Crippen molar-refractivity contribution in [2.24, 2.45) is 5.73 Å². The number of nitrogens with zero attached hydrogens (tertiary/aromatic N) is 1. The van der Waals surface area contributed by atoms with Crippen LogP contribution in [0, 0.1) is 0 Å². The van der Waals surface area contributed by atoms with Crippen molar-refractivity contribution in [1.29, 1.82) is 0 Å². The zero-order valence-electron chi connectivity index (χ0n) is 11.7. The quantitative estimate of drug-likeness (QED) is 0.922. The molecule has 5 heteroatoms. The Balaban J connectivity index is 1.97. The monoisotopic (exact) mass is 314 g/mol. The zero-order valence-corrected chi connectivity index (χ0v) is 13.2. The van der Waals surface area contributed by atoms with Crippen LogP contribution in [0.15, 0.2) is 18.2 Å². The lowest BCUT2D eigenvalue weighted by Gasteiger charge is -2.26. The highest BCUT2D eigenvalue weighted by Crippen LogP contribution is 2.30. The number of carbonyl (C=O) groups excluding carboxylic acids is 1. The summed E-state index contributed by atoms with van der Waals surface area (Å²) in [5.41, 5.74) is 6.83. The summed E-state index contributed by atoms with van der Waals surface area (Å²) in [4.78, 5) is 13.9. The molecule has 20 heavy (non-hydrogen) atoms. The van der Waals surface area contributed by atoms with E-state index in [1.165, 1.54) is 0 Å². The third kappa shape index (κ3) is 3.87. The van der Waals surface area contributed by atoms with Gasteiger partial charge in [-0.25, -0.2) is 0 Å². The van der Waals surface area contributed by atoms with Crippen molar-refractivity contribution >= 4 is 29.1 Å². The summed E-state index contributed by atoms with van der Waals surface area (Å²) < 4.78 is 0. The molecule has 0 atom stereocenters. The van der Waals surface area contributed by atoms with Crippen LogP contribution in [0.2, 0.25) is 10.0 Å². The molecule has 1 amide bonds. The van der Waals surface area contributed by atoms with Crippen LogP contribution in [0.1, 0.15) is 37.7 Å². The zero-order chi connectivity index (χ0) is 14.8. The minimum Gasteiger partial charge on any atom is -0.341 e. The van der Waals surface area contributed by atoms with Crippen molar-refractivity contribution in [3.05, 3.63) is 33.8 Å². The summed E-state index contributed by atoms with van der Waals surface area (Å²) in [6, 6.07) is 5.32. The Kier molecular flexibility index (Phi) is 4.95. The van der Waals surface area contributed by atoms with Gasteiger partial charge in [-0.1, -0.05) is 42.1 Å². The van der Waals surface area contributed by atoms with Crippen LogP contribution >= 0.6 is 23.2 Å². The van der Waals surface area contributed by atoms with E-state index in [2.05, 4.69) is 0 Å². The standard InChI is InChI=1S/C15H20Cl2N2O/c1-19(10-11-4-5-12(16)8-13(11)17)14(20)9-15(18)6-2-3-7-15/h4-5,8H,2-3,6-7,9-10,18H2,1H3. The van der Waals surface area contributed by atoms with Gasteiger partial charge >= 0.3 is 0 Å². The molecule has 1 aromatic rings. The smallest absolute Gasteiger partial charge is 0.224 e. The average Bonchev–Trinajstić information content (AvgIpc) is 2.79. The van der Waals surface area contributed by atoms with E-state index in [1.807, 2.05) is 6.07 Å². The maximum atomic E-state index is 12.3. The van der Waals surface area contributed by atoms with Crippen LogP contribution in [0.3, 0.4) is 0 Å². The molecule has 1 fully saturated rings. The first-order valence-electron chi connectivity index (χ1n) is 6.86. The highest BCUT2D eigenvalue weighted by atomic mass is 35.5. The largest absolute Gasteiger partial charge is 0.341 e. The first-order chi connectivity index (χ1) is 9.39. The first-order valence-corrected chi connectivity index (χ1v) is 7.62. The molecule has 0 aromatic heterocycles. The fourth-order valence-electron chi connectivity index (χ4n) is 2.69. The molecule has 1 aliphatic rings. The van der Waals surface area contributed by atoms with Gasteiger partial charge < -0.3 is 10.6 Å². The second kappa shape index (κ2) is 6.33. The first kappa shape index (κ1) is 15.6. The number of hydrogen-bond acceptors (Lipinski definition) is 2. The molecule has 0 spiro atoms. The summed E-state index contributed by atoms with van der Waals surface area (Å²) in [5, 5.41) is 1.18. The van der Waals surface area contributed by atoms with E-state index in [-0.39, 0.29) is 11.4 Å².